The molecule has 3 heteroatoms. The smallest absolute Gasteiger partial charge is 0.121 e. The Balaban J connectivity index is 1.38. The molecule has 1 atom stereocenters. The van der Waals surface area contributed by atoms with E-state index in [1.54, 1.807) is 0 Å². The van der Waals surface area contributed by atoms with Crippen molar-refractivity contribution >= 4 is 0 Å². The lowest BCUT2D eigenvalue weighted by atomic mass is 9.62. The molecule has 0 aliphatic heterocycles. The lowest BCUT2D eigenvalue weighted by Gasteiger charge is -2.43. The number of aromatic nitrogens is 2. The Labute approximate surface area is 221 Å². The van der Waals surface area contributed by atoms with Crippen LogP contribution in [0.1, 0.15) is 86.3 Å². The SMILES string of the molecule is OC(c1cn(C(c2ccccc2)(c2ccccc2)c2ccccc2)cn1)C1CCC2(CCCCC2)CC1. The van der Waals surface area contributed by atoms with Crippen molar-refractivity contribution in [3.05, 3.63) is 126 Å². The van der Waals surface area contributed by atoms with E-state index in [0.29, 0.717) is 5.41 Å². The van der Waals surface area contributed by atoms with Crippen LogP contribution in [0.2, 0.25) is 0 Å². The van der Waals surface area contributed by atoms with Crippen molar-refractivity contribution in [1.29, 1.82) is 0 Å². The Hall–Kier alpha value is -3.17. The van der Waals surface area contributed by atoms with Gasteiger partial charge in [0.25, 0.3) is 0 Å². The third-order valence-electron chi connectivity index (χ3n) is 9.32. The van der Waals surface area contributed by atoms with Gasteiger partial charge in [0.15, 0.2) is 0 Å². The van der Waals surface area contributed by atoms with Crippen LogP contribution >= 0.6 is 0 Å². The molecule has 0 saturated heterocycles. The highest BCUT2D eigenvalue weighted by molar-refractivity contribution is 5.50. The van der Waals surface area contributed by atoms with Gasteiger partial charge in [0.2, 0.25) is 0 Å². The first-order valence-electron chi connectivity index (χ1n) is 14.1. The summed E-state index contributed by atoms with van der Waals surface area (Å²) in [7, 11) is 0. The summed E-state index contributed by atoms with van der Waals surface area (Å²) < 4.78 is 2.22. The van der Waals surface area contributed by atoms with Gasteiger partial charge in [-0.2, -0.15) is 0 Å². The second-order valence-electron chi connectivity index (χ2n) is 11.4. The van der Waals surface area contributed by atoms with Crippen molar-refractivity contribution in [2.45, 2.75) is 69.4 Å². The predicted octanol–water partition coefficient (Wildman–Crippen LogP) is 7.90. The van der Waals surface area contributed by atoms with Crippen molar-refractivity contribution in [2.24, 2.45) is 11.3 Å². The first-order valence-corrected chi connectivity index (χ1v) is 14.1. The van der Waals surface area contributed by atoms with E-state index in [4.69, 9.17) is 4.98 Å². The number of benzene rings is 3. The standard InChI is InChI=1S/C34H38N2O/c37-32(27-19-23-33(24-20-27)21-11-4-12-22-33)31-25-36(26-35-31)34(28-13-5-1-6-14-28,29-15-7-2-8-16-29)30-17-9-3-10-18-30/h1-3,5-10,13-18,25-27,32,37H,4,11-12,19-24H2. The molecular weight excluding hydrogens is 452 g/mol. The quantitative estimate of drug-likeness (QED) is 0.279. The van der Waals surface area contributed by atoms with Crippen LogP contribution in [0.15, 0.2) is 104 Å². The Morgan fingerprint density at radius 1 is 0.703 bits per heavy atom. The Morgan fingerprint density at radius 3 is 1.68 bits per heavy atom. The van der Waals surface area contributed by atoms with Crippen molar-refractivity contribution in [3.63, 3.8) is 0 Å². The highest BCUT2D eigenvalue weighted by Crippen LogP contribution is 2.51. The maximum Gasteiger partial charge on any atom is 0.121 e. The maximum absolute atomic E-state index is 11.5. The molecule has 3 aromatic carbocycles. The average Bonchev–Trinajstić information content (AvgIpc) is 3.46. The molecule has 1 N–H and O–H groups in total. The lowest BCUT2D eigenvalue weighted by Crippen LogP contribution is -2.37. The van der Waals surface area contributed by atoms with Crippen LogP contribution in [0.5, 0.6) is 0 Å². The molecule has 1 heterocycles. The van der Waals surface area contributed by atoms with Crippen LogP contribution in [0, 0.1) is 11.3 Å². The summed E-state index contributed by atoms with van der Waals surface area (Å²) in [6, 6.07) is 32.0. The predicted molar refractivity (Wildman–Crippen MR) is 149 cm³/mol. The fourth-order valence-corrected chi connectivity index (χ4v) is 7.27. The highest BCUT2D eigenvalue weighted by atomic mass is 16.3. The molecule has 3 nitrogen and oxygen atoms in total. The molecular formula is C34H38N2O. The number of rotatable bonds is 6. The molecule has 1 spiro atoms. The molecule has 2 saturated carbocycles. The van der Waals surface area contributed by atoms with Gasteiger partial charge >= 0.3 is 0 Å². The zero-order chi connectivity index (χ0) is 25.1. The molecule has 0 bridgehead atoms. The fraction of sp³-hybridized carbons (Fsp3) is 0.382. The summed E-state index contributed by atoms with van der Waals surface area (Å²) in [6.07, 6.45) is 15.2. The molecule has 6 rings (SSSR count). The topological polar surface area (TPSA) is 38.0 Å². The van der Waals surface area contributed by atoms with Crippen LogP contribution in [0.25, 0.3) is 0 Å². The average molecular weight is 491 g/mol. The number of nitrogens with zero attached hydrogens (tertiary/aromatic N) is 2. The molecule has 190 valence electrons. The molecule has 1 unspecified atom stereocenters. The largest absolute Gasteiger partial charge is 0.386 e. The number of hydrogen-bond donors (Lipinski definition) is 1. The molecule has 0 amide bonds. The van der Waals surface area contributed by atoms with E-state index in [9.17, 15) is 5.11 Å². The zero-order valence-electron chi connectivity index (χ0n) is 21.7. The molecule has 0 radical (unpaired) electrons. The number of hydrogen-bond acceptors (Lipinski definition) is 2. The van der Waals surface area contributed by atoms with Crippen molar-refractivity contribution in [1.82, 2.24) is 9.55 Å². The van der Waals surface area contributed by atoms with E-state index in [1.807, 2.05) is 6.33 Å². The van der Waals surface area contributed by atoms with Gasteiger partial charge in [-0.1, -0.05) is 110 Å². The maximum atomic E-state index is 11.5. The van der Waals surface area contributed by atoms with E-state index in [-0.39, 0.29) is 5.92 Å². The van der Waals surface area contributed by atoms with E-state index in [2.05, 4.69) is 102 Å². The third-order valence-corrected chi connectivity index (χ3v) is 9.32. The first kappa shape index (κ1) is 24.2. The summed E-state index contributed by atoms with van der Waals surface area (Å²) in [5.41, 5.74) is 4.26. The summed E-state index contributed by atoms with van der Waals surface area (Å²) in [5, 5.41) is 11.5. The number of aliphatic hydroxyl groups excluding tert-OH is 1. The molecule has 1 aromatic heterocycles. The van der Waals surface area contributed by atoms with E-state index in [0.717, 1.165) is 18.5 Å². The fourth-order valence-electron chi connectivity index (χ4n) is 7.27. The minimum atomic E-state index is -0.590. The second kappa shape index (κ2) is 10.3. The lowest BCUT2D eigenvalue weighted by molar-refractivity contribution is 0.0273. The van der Waals surface area contributed by atoms with E-state index < -0.39 is 11.6 Å². The normalized spacial score (nSPS) is 19.1. The van der Waals surface area contributed by atoms with Crippen LogP contribution in [0.3, 0.4) is 0 Å². The molecule has 2 aliphatic rings. The van der Waals surface area contributed by atoms with Gasteiger partial charge in [0.05, 0.1) is 12.0 Å². The third kappa shape index (κ3) is 4.44. The molecule has 4 aromatic rings. The van der Waals surface area contributed by atoms with Gasteiger partial charge in [0.1, 0.15) is 11.6 Å². The van der Waals surface area contributed by atoms with Crippen molar-refractivity contribution in [2.75, 3.05) is 0 Å². The van der Waals surface area contributed by atoms with Gasteiger partial charge in [-0.05, 0) is 66.5 Å². The van der Waals surface area contributed by atoms with Crippen molar-refractivity contribution in [3.8, 4) is 0 Å². The van der Waals surface area contributed by atoms with Gasteiger partial charge in [-0.25, -0.2) is 4.98 Å². The van der Waals surface area contributed by atoms with Gasteiger partial charge < -0.3 is 9.67 Å². The Bertz CT molecular complexity index is 1170. The van der Waals surface area contributed by atoms with Gasteiger partial charge in [-0.3, -0.25) is 0 Å². The molecule has 37 heavy (non-hydrogen) atoms. The van der Waals surface area contributed by atoms with Crippen LogP contribution in [-0.2, 0) is 5.54 Å². The van der Waals surface area contributed by atoms with Crippen molar-refractivity contribution < 1.29 is 5.11 Å². The summed E-state index contributed by atoms with van der Waals surface area (Å²) >= 11 is 0. The first-order chi connectivity index (χ1) is 18.2. The summed E-state index contributed by atoms with van der Waals surface area (Å²) in [6.45, 7) is 0. The Kier molecular flexibility index (Phi) is 6.73. The Morgan fingerprint density at radius 2 is 1.19 bits per heavy atom. The van der Waals surface area contributed by atoms with Crippen LogP contribution < -0.4 is 0 Å². The zero-order valence-corrected chi connectivity index (χ0v) is 21.7. The van der Waals surface area contributed by atoms with Gasteiger partial charge in [0, 0.05) is 6.20 Å². The van der Waals surface area contributed by atoms with Crippen LogP contribution in [-0.4, -0.2) is 14.7 Å². The van der Waals surface area contributed by atoms with E-state index in [1.165, 1.54) is 61.6 Å². The summed E-state index contributed by atoms with van der Waals surface area (Å²) in [5.74, 6) is 0.287. The molecule has 2 aliphatic carbocycles. The monoisotopic (exact) mass is 490 g/mol. The second-order valence-corrected chi connectivity index (χ2v) is 11.4. The molecule has 2 fully saturated rings. The highest BCUT2D eigenvalue weighted by Gasteiger charge is 2.41. The van der Waals surface area contributed by atoms with Gasteiger partial charge in [-0.15, -0.1) is 0 Å². The summed E-state index contributed by atoms with van der Waals surface area (Å²) in [4.78, 5) is 4.85. The minimum absolute atomic E-state index is 0.287. The number of imidazole rings is 1. The van der Waals surface area contributed by atoms with E-state index >= 15 is 0 Å². The minimum Gasteiger partial charge on any atom is -0.386 e. The number of aliphatic hydroxyl groups is 1. The van der Waals surface area contributed by atoms with Crippen LogP contribution in [0.4, 0.5) is 0 Å².